The molecule has 3 heterocycles. The maximum absolute atomic E-state index is 11.1. The molecule has 1 aromatic heterocycles. The Labute approximate surface area is 228 Å². The van der Waals surface area contributed by atoms with Crippen LogP contribution in [0.5, 0.6) is 0 Å². The van der Waals surface area contributed by atoms with E-state index in [9.17, 15) is 5.11 Å². The predicted octanol–water partition coefficient (Wildman–Crippen LogP) is 7.71. The van der Waals surface area contributed by atoms with Crippen LogP contribution >= 0.6 is 23.1 Å². The lowest BCUT2D eigenvalue weighted by Crippen LogP contribution is -2.35. The van der Waals surface area contributed by atoms with Gasteiger partial charge in [-0.25, -0.2) is 4.98 Å². The average Bonchev–Trinajstić information content (AvgIpc) is 3.23. The summed E-state index contributed by atoms with van der Waals surface area (Å²) in [6, 6.07) is 0.413. The molecule has 36 heavy (non-hydrogen) atoms. The minimum Gasteiger partial charge on any atom is -0.491 e. The van der Waals surface area contributed by atoms with E-state index in [1.165, 1.54) is 5.57 Å². The van der Waals surface area contributed by atoms with Gasteiger partial charge in [0.25, 0.3) is 0 Å². The molecule has 2 N–H and O–H groups in total. The number of thiazole rings is 1. The number of thioether (sulfide) groups is 1. The molecule has 0 spiro atoms. The van der Waals surface area contributed by atoms with Crippen molar-refractivity contribution in [3.63, 3.8) is 0 Å². The van der Waals surface area contributed by atoms with Gasteiger partial charge in [-0.05, 0) is 61.8 Å². The molecule has 1 aromatic rings. The highest BCUT2D eigenvalue weighted by Gasteiger charge is 2.50. The normalized spacial score (nSPS) is 36.8. The van der Waals surface area contributed by atoms with Crippen LogP contribution in [0, 0.1) is 23.2 Å². The maximum atomic E-state index is 11.1. The van der Waals surface area contributed by atoms with Crippen molar-refractivity contribution in [1.82, 2.24) is 10.3 Å². The van der Waals surface area contributed by atoms with Crippen LogP contribution in [-0.2, 0) is 4.74 Å². The molecule has 7 atom stereocenters. The zero-order valence-corrected chi connectivity index (χ0v) is 25.3. The van der Waals surface area contributed by atoms with E-state index in [1.54, 1.807) is 23.1 Å². The van der Waals surface area contributed by atoms with Gasteiger partial charge in [-0.1, -0.05) is 71.5 Å². The largest absolute Gasteiger partial charge is 0.491 e. The van der Waals surface area contributed by atoms with Gasteiger partial charge in [0.15, 0.2) is 0 Å². The summed E-state index contributed by atoms with van der Waals surface area (Å²) in [6.45, 7) is 24.4. The quantitative estimate of drug-likeness (QED) is 0.237. The van der Waals surface area contributed by atoms with Gasteiger partial charge in [0.05, 0.1) is 17.6 Å². The molecule has 0 aliphatic carbocycles. The summed E-state index contributed by atoms with van der Waals surface area (Å²) >= 11 is 3.37. The number of aliphatic hydroxyl groups is 1. The minimum absolute atomic E-state index is 0.0395. The first-order chi connectivity index (χ1) is 16.8. The Morgan fingerprint density at radius 2 is 1.97 bits per heavy atom. The number of nitrogens with zero attached hydrogens (tertiary/aromatic N) is 1. The van der Waals surface area contributed by atoms with Crippen LogP contribution in [0.1, 0.15) is 86.3 Å². The first kappa shape index (κ1) is 29.5. The average molecular weight is 533 g/mol. The highest BCUT2D eigenvalue weighted by Crippen LogP contribution is 2.44. The maximum Gasteiger partial charge on any atom is 0.150 e. The number of aromatic nitrogens is 1. The molecule has 2 fully saturated rings. The third kappa shape index (κ3) is 6.86. The van der Waals surface area contributed by atoms with Gasteiger partial charge >= 0.3 is 0 Å². The van der Waals surface area contributed by atoms with Crippen LogP contribution in [0.25, 0.3) is 6.08 Å². The van der Waals surface area contributed by atoms with Crippen LogP contribution in [0.15, 0.2) is 39.8 Å². The second-order valence-corrected chi connectivity index (χ2v) is 14.0. The van der Waals surface area contributed by atoms with Crippen molar-refractivity contribution in [2.24, 2.45) is 23.2 Å². The highest BCUT2D eigenvalue weighted by molar-refractivity contribution is 8.00. The number of hydrogen-bond donors (Lipinski definition) is 2. The van der Waals surface area contributed by atoms with Gasteiger partial charge in [0.2, 0.25) is 0 Å². The van der Waals surface area contributed by atoms with Crippen molar-refractivity contribution < 1.29 is 9.84 Å². The van der Waals surface area contributed by atoms with Gasteiger partial charge < -0.3 is 15.2 Å². The Bertz CT molecular complexity index is 968. The van der Waals surface area contributed by atoms with Crippen LogP contribution < -0.4 is 5.32 Å². The summed E-state index contributed by atoms with van der Waals surface area (Å²) < 4.78 is 7.70. The molecular weight excluding hydrogens is 484 g/mol. The number of hydrogen-bond acceptors (Lipinski definition) is 6. The first-order valence-electron chi connectivity index (χ1n) is 13.5. The number of ether oxygens (including phenoxy) is 1. The molecule has 0 radical (unpaired) electrons. The second-order valence-electron chi connectivity index (χ2n) is 12.1. The molecule has 0 unspecified atom stereocenters. The molecule has 3 rings (SSSR count). The monoisotopic (exact) mass is 532 g/mol. The minimum atomic E-state index is -0.374. The second kappa shape index (κ2) is 11.8. The molecule has 2 aliphatic rings. The number of fused-ring (bicyclic) bond motifs is 1. The Kier molecular flexibility index (Phi) is 9.63. The zero-order chi connectivity index (χ0) is 26.8. The zero-order valence-electron chi connectivity index (χ0n) is 23.7. The third-order valence-corrected chi connectivity index (χ3v) is 11.0. The van der Waals surface area contributed by atoms with E-state index in [0.29, 0.717) is 6.04 Å². The van der Waals surface area contributed by atoms with Crippen LogP contribution in [0.3, 0.4) is 0 Å². The molecule has 4 nitrogen and oxygen atoms in total. The molecule has 0 amide bonds. The van der Waals surface area contributed by atoms with E-state index in [0.717, 1.165) is 53.5 Å². The van der Waals surface area contributed by atoms with Crippen LogP contribution in [0.2, 0.25) is 0 Å². The Morgan fingerprint density at radius 3 is 2.61 bits per heavy atom. The summed E-state index contributed by atoms with van der Waals surface area (Å²) in [4.78, 5) is 4.71. The topological polar surface area (TPSA) is 64.3 Å². The fourth-order valence-electron chi connectivity index (χ4n) is 5.63. The fraction of sp³-hybridized carbons (Fsp3) is 0.700. The molecule has 202 valence electrons. The van der Waals surface area contributed by atoms with Gasteiger partial charge in [0, 0.05) is 35.7 Å². The smallest absolute Gasteiger partial charge is 0.150 e. The lowest BCUT2D eigenvalue weighted by molar-refractivity contribution is 0.0588. The third-order valence-electron chi connectivity index (χ3n) is 9.10. The SMILES string of the molecule is C=C1C[C@H](C)C(C)(C)C(=C)[C@H](C)[C@@H](O)[C@@H](C)CCC[C@@]2(C)N[C@H]2C[C@@H](/C(C)=C/c2csc(SC)n2)O1. The van der Waals surface area contributed by atoms with Crippen molar-refractivity contribution in [1.29, 1.82) is 0 Å². The molecular formula is C30H48N2O2S2. The first-order valence-corrected chi connectivity index (χ1v) is 15.6. The summed E-state index contributed by atoms with van der Waals surface area (Å²) in [5.74, 6) is 1.40. The van der Waals surface area contributed by atoms with Gasteiger partial charge in [-0.2, -0.15) is 0 Å². The van der Waals surface area contributed by atoms with Gasteiger partial charge in [-0.15, -0.1) is 11.3 Å². The standard InChI is InChI=1S/C30H48N2O2S2/c1-18-12-11-13-30(9)26(32-30)16-25(19(2)14-24-17-36-28(31-24)35-10)34-21(4)15-20(3)29(7,8)23(6)22(5)27(18)33/h14,17-18,20,22,25-27,32-33H,4,6,11-13,15-16H2,1-3,5,7-10H3/b19-14+/t18-,20-,22-,25-,26-,27-,30+/m0/s1. The van der Waals surface area contributed by atoms with Crippen molar-refractivity contribution in [2.45, 2.75) is 109 Å². The van der Waals surface area contributed by atoms with Crippen molar-refractivity contribution in [2.75, 3.05) is 6.26 Å². The van der Waals surface area contributed by atoms with E-state index in [2.05, 4.69) is 84.7 Å². The van der Waals surface area contributed by atoms with Crippen LogP contribution in [-0.4, -0.2) is 40.1 Å². The van der Waals surface area contributed by atoms with E-state index in [4.69, 9.17) is 9.72 Å². The molecule has 0 bridgehead atoms. The molecule has 6 heteroatoms. The molecule has 2 aliphatic heterocycles. The van der Waals surface area contributed by atoms with Gasteiger partial charge in [0.1, 0.15) is 10.4 Å². The van der Waals surface area contributed by atoms with Crippen LogP contribution in [0.4, 0.5) is 0 Å². The predicted molar refractivity (Wildman–Crippen MR) is 156 cm³/mol. The Morgan fingerprint density at radius 1 is 1.28 bits per heavy atom. The Balaban J connectivity index is 1.85. The van der Waals surface area contributed by atoms with E-state index in [-0.39, 0.29) is 40.9 Å². The van der Waals surface area contributed by atoms with Gasteiger partial charge in [-0.3, -0.25) is 0 Å². The summed E-state index contributed by atoms with van der Waals surface area (Å²) in [5.41, 5.74) is 3.29. The van der Waals surface area contributed by atoms with E-state index >= 15 is 0 Å². The van der Waals surface area contributed by atoms with E-state index < -0.39 is 0 Å². The van der Waals surface area contributed by atoms with E-state index in [1.807, 2.05) is 0 Å². The van der Waals surface area contributed by atoms with Crippen molar-refractivity contribution in [3.05, 3.63) is 41.1 Å². The number of aliphatic hydroxyl groups excluding tert-OH is 1. The molecule has 0 aromatic carbocycles. The summed E-state index contributed by atoms with van der Waals surface area (Å²) in [5, 5.41) is 17.0. The number of nitrogens with one attached hydrogen (secondary N) is 1. The molecule has 2 saturated heterocycles. The molecule has 0 saturated carbocycles. The summed E-state index contributed by atoms with van der Waals surface area (Å²) in [6.07, 6.45) is 8.72. The van der Waals surface area contributed by atoms with Crippen molar-refractivity contribution >= 4 is 29.2 Å². The Hall–Kier alpha value is -1.08. The number of rotatable bonds is 3. The summed E-state index contributed by atoms with van der Waals surface area (Å²) in [7, 11) is 0. The van der Waals surface area contributed by atoms with Crippen molar-refractivity contribution in [3.8, 4) is 0 Å². The lowest BCUT2D eigenvalue weighted by atomic mass is 9.67. The highest BCUT2D eigenvalue weighted by atomic mass is 32.2. The number of allylic oxidation sites excluding steroid dienone is 1. The fourth-order valence-corrected chi connectivity index (χ4v) is 6.85. The lowest BCUT2D eigenvalue weighted by Gasteiger charge is -2.40.